The van der Waals surface area contributed by atoms with Gasteiger partial charge in [0.1, 0.15) is 0 Å². The van der Waals surface area contributed by atoms with Gasteiger partial charge >= 0.3 is 0 Å². The molecule has 3 rings (SSSR count). The number of piperidine rings is 1. The SMILES string of the molecule is CC1(CN)CCN(C(=O)C2CC3CC3C2)CC1. The third-order valence-electron chi connectivity index (χ3n) is 5.37. The molecule has 2 saturated carbocycles. The van der Waals surface area contributed by atoms with Crippen LogP contribution in [0.2, 0.25) is 0 Å². The number of hydrogen-bond donors (Lipinski definition) is 1. The molecule has 96 valence electrons. The Labute approximate surface area is 104 Å². The number of nitrogens with zero attached hydrogens (tertiary/aromatic N) is 1. The van der Waals surface area contributed by atoms with Gasteiger partial charge in [0.25, 0.3) is 0 Å². The summed E-state index contributed by atoms with van der Waals surface area (Å²) in [5.74, 6) is 2.61. The van der Waals surface area contributed by atoms with Crippen LogP contribution in [0, 0.1) is 23.2 Å². The van der Waals surface area contributed by atoms with Gasteiger partial charge < -0.3 is 10.6 Å². The summed E-state index contributed by atoms with van der Waals surface area (Å²) in [7, 11) is 0. The first-order valence-corrected chi connectivity index (χ1v) is 7.10. The maximum Gasteiger partial charge on any atom is 0.225 e. The first kappa shape index (κ1) is 11.5. The molecule has 3 heteroatoms. The fraction of sp³-hybridized carbons (Fsp3) is 0.929. The van der Waals surface area contributed by atoms with E-state index in [0.29, 0.717) is 11.8 Å². The molecule has 17 heavy (non-hydrogen) atoms. The number of amides is 1. The van der Waals surface area contributed by atoms with E-state index in [1.165, 1.54) is 19.3 Å². The number of nitrogens with two attached hydrogens (primary N) is 1. The highest BCUT2D eigenvalue weighted by atomic mass is 16.2. The fourth-order valence-electron chi connectivity index (χ4n) is 3.65. The molecule has 0 aromatic carbocycles. The molecule has 1 amide bonds. The van der Waals surface area contributed by atoms with E-state index in [-0.39, 0.29) is 5.41 Å². The molecule has 3 fully saturated rings. The number of hydrogen-bond acceptors (Lipinski definition) is 2. The van der Waals surface area contributed by atoms with Crippen LogP contribution in [-0.2, 0) is 4.79 Å². The number of likely N-dealkylation sites (tertiary alicyclic amines) is 1. The molecule has 1 aliphatic heterocycles. The van der Waals surface area contributed by atoms with Crippen LogP contribution in [-0.4, -0.2) is 30.4 Å². The van der Waals surface area contributed by atoms with Crippen molar-refractivity contribution in [3.8, 4) is 0 Å². The molecule has 0 radical (unpaired) electrons. The maximum atomic E-state index is 12.4. The molecule has 2 aliphatic carbocycles. The highest BCUT2D eigenvalue weighted by molar-refractivity contribution is 5.79. The quantitative estimate of drug-likeness (QED) is 0.792. The second-order valence-corrected chi connectivity index (χ2v) is 6.76. The van der Waals surface area contributed by atoms with Crippen LogP contribution >= 0.6 is 0 Å². The first-order valence-electron chi connectivity index (χ1n) is 7.10. The molecule has 3 aliphatic rings. The van der Waals surface area contributed by atoms with Crippen LogP contribution in [0.1, 0.15) is 39.0 Å². The predicted molar refractivity (Wildman–Crippen MR) is 67.3 cm³/mol. The lowest BCUT2D eigenvalue weighted by atomic mass is 9.80. The average Bonchev–Trinajstić information content (AvgIpc) is 2.96. The molecule has 1 heterocycles. The Morgan fingerprint density at radius 3 is 2.35 bits per heavy atom. The van der Waals surface area contributed by atoms with Gasteiger partial charge in [-0.15, -0.1) is 0 Å². The fourth-order valence-corrected chi connectivity index (χ4v) is 3.65. The zero-order chi connectivity index (χ0) is 12.0. The van der Waals surface area contributed by atoms with Crippen molar-refractivity contribution in [2.24, 2.45) is 28.9 Å². The normalized spacial score (nSPS) is 38.9. The molecule has 0 aromatic heterocycles. The molecule has 3 nitrogen and oxygen atoms in total. The highest BCUT2D eigenvalue weighted by Crippen LogP contribution is 2.54. The van der Waals surface area contributed by atoms with E-state index in [4.69, 9.17) is 5.73 Å². The van der Waals surface area contributed by atoms with Crippen molar-refractivity contribution in [1.82, 2.24) is 4.90 Å². The molecular weight excluding hydrogens is 212 g/mol. The molecule has 0 spiro atoms. The standard InChI is InChI=1S/C14H24N2O/c1-14(9-15)2-4-16(5-3-14)13(17)12-7-10-6-11(10)8-12/h10-12H,2-9,15H2,1H3. The average molecular weight is 236 g/mol. The van der Waals surface area contributed by atoms with Crippen LogP contribution in [0.3, 0.4) is 0 Å². The van der Waals surface area contributed by atoms with E-state index < -0.39 is 0 Å². The van der Waals surface area contributed by atoms with E-state index in [2.05, 4.69) is 11.8 Å². The lowest BCUT2D eigenvalue weighted by molar-refractivity contribution is -0.137. The molecule has 2 atom stereocenters. The van der Waals surface area contributed by atoms with E-state index in [9.17, 15) is 4.79 Å². The number of carbonyl (C=O) groups excluding carboxylic acids is 1. The van der Waals surface area contributed by atoms with E-state index in [0.717, 1.165) is 44.3 Å². The molecule has 1 saturated heterocycles. The summed E-state index contributed by atoms with van der Waals surface area (Å²) >= 11 is 0. The van der Waals surface area contributed by atoms with Crippen LogP contribution in [0.5, 0.6) is 0 Å². The van der Waals surface area contributed by atoms with Crippen LogP contribution < -0.4 is 5.73 Å². The van der Waals surface area contributed by atoms with Crippen LogP contribution in [0.4, 0.5) is 0 Å². The van der Waals surface area contributed by atoms with Gasteiger partial charge in [0.15, 0.2) is 0 Å². The third kappa shape index (κ3) is 2.10. The molecule has 0 bridgehead atoms. The minimum atomic E-state index is 0.272. The lowest BCUT2D eigenvalue weighted by Crippen LogP contribution is -2.46. The van der Waals surface area contributed by atoms with Gasteiger partial charge in [-0.3, -0.25) is 4.79 Å². The Hall–Kier alpha value is -0.570. The first-order chi connectivity index (χ1) is 8.11. The van der Waals surface area contributed by atoms with Crippen molar-refractivity contribution in [2.45, 2.75) is 39.0 Å². The smallest absolute Gasteiger partial charge is 0.225 e. The topological polar surface area (TPSA) is 46.3 Å². The second kappa shape index (κ2) is 3.98. The minimum absolute atomic E-state index is 0.272. The number of rotatable bonds is 2. The molecule has 2 N–H and O–H groups in total. The zero-order valence-electron chi connectivity index (χ0n) is 10.8. The largest absolute Gasteiger partial charge is 0.342 e. The van der Waals surface area contributed by atoms with Gasteiger partial charge in [0.05, 0.1) is 0 Å². The summed E-state index contributed by atoms with van der Waals surface area (Å²) in [5.41, 5.74) is 6.07. The van der Waals surface area contributed by atoms with E-state index in [1.807, 2.05) is 0 Å². The Morgan fingerprint density at radius 1 is 1.24 bits per heavy atom. The Bertz CT molecular complexity index is 310. The second-order valence-electron chi connectivity index (χ2n) is 6.76. The van der Waals surface area contributed by atoms with Gasteiger partial charge in [-0.05, 0) is 55.9 Å². The number of carbonyl (C=O) groups is 1. The van der Waals surface area contributed by atoms with Gasteiger partial charge in [-0.2, -0.15) is 0 Å². The highest BCUT2D eigenvalue weighted by Gasteiger charge is 2.49. The van der Waals surface area contributed by atoms with Crippen molar-refractivity contribution in [3.05, 3.63) is 0 Å². The Balaban J connectivity index is 1.54. The third-order valence-corrected chi connectivity index (χ3v) is 5.37. The van der Waals surface area contributed by atoms with Crippen molar-refractivity contribution >= 4 is 5.91 Å². The summed E-state index contributed by atoms with van der Waals surface area (Å²) in [4.78, 5) is 14.5. The summed E-state index contributed by atoms with van der Waals surface area (Å²) in [6.45, 7) is 4.86. The summed E-state index contributed by atoms with van der Waals surface area (Å²) in [5, 5.41) is 0. The minimum Gasteiger partial charge on any atom is -0.342 e. The van der Waals surface area contributed by atoms with E-state index >= 15 is 0 Å². The number of fused-ring (bicyclic) bond motifs is 1. The molecular formula is C14H24N2O. The summed E-state index contributed by atoms with van der Waals surface area (Å²) in [6, 6.07) is 0. The van der Waals surface area contributed by atoms with Gasteiger partial charge in [-0.1, -0.05) is 6.92 Å². The predicted octanol–water partition coefficient (Wildman–Crippen LogP) is 1.62. The summed E-state index contributed by atoms with van der Waals surface area (Å²) in [6.07, 6.45) is 5.90. The van der Waals surface area contributed by atoms with Crippen LogP contribution in [0.15, 0.2) is 0 Å². The van der Waals surface area contributed by atoms with Crippen LogP contribution in [0.25, 0.3) is 0 Å². The Morgan fingerprint density at radius 2 is 1.82 bits per heavy atom. The van der Waals surface area contributed by atoms with Crippen molar-refractivity contribution in [2.75, 3.05) is 19.6 Å². The molecule has 0 aromatic rings. The van der Waals surface area contributed by atoms with Crippen molar-refractivity contribution in [3.63, 3.8) is 0 Å². The van der Waals surface area contributed by atoms with Gasteiger partial charge in [0, 0.05) is 19.0 Å². The lowest BCUT2D eigenvalue weighted by Gasteiger charge is -2.39. The Kier molecular flexibility index (Phi) is 2.69. The van der Waals surface area contributed by atoms with Crippen molar-refractivity contribution < 1.29 is 4.79 Å². The monoisotopic (exact) mass is 236 g/mol. The maximum absolute atomic E-state index is 12.4. The van der Waals surface area contributed by atoms with Gasteiger partial charge in [0.2, 0.25) is 5.91 Å². The van der Waals surface area contributed by atoms with Crippen molar-refractivity contribution in [1.29, 1.82) is 0 Å². The zero-order valence-corrected chi connectivity index (χ0v) is 10.8. The van der Waals surface area contributed by atoms with Gasteiger partial charge in [-0.25, -0.2) is 0 Å². The molecule has 2 unspecified atom stereocenters. The van der Waals surface area contributed by atoms with E-state index in [1.54, 1.807) is 0 Å². The summed E-state index contributed by atoms with van der Waals surface area (Å²) < 4.78 is 0.